The number of likely N-dealkylation sites (N-methyl/N-ethyl adjacent to an activating group) is 1. The predicted octanol–water partition coefficient (Wildman–Crippen LogP) is 3.88. The van der Waals surface area contributed by atoms with Crippen molar-refractivity contribution in [1.29, 1.82) is 5.26 Å². The van der Waals surface area contributed by atoms with Gasteiger partial charge in [-0.15, -0.1) is 0 Å². The van der Waals surface area contributed by atoms with Gasteiger partial charge in [-0.3, -0.25) is 19.1 Å². The first-order valence-electron chi connectivity index (χ1n) is 9.63. The number of nitrogens with one attached hydrogen (secondary N) is 1. The van der Waals surface area contributed by atoms with Gasteiger partial charge in [-0.25, -0.2) is 0 Å². The van der Waals surface area contributed by atoms with Crippen LogP contribution >= 0.6 is 24.0 Å². The molecule has 0 saturated carbocycles. The van der Waals surface area contributed by atoms with E-state index in [0.29, 0.717) is 45.8 Å². The van der Waals surface area contributed by atoms with Crippen molar-refractivity contribution in [3.63, 3.8) is 0 Å². The monoisotopic (exact) mass is 438 g/mol. The lowest BCUT2D eigenvalue weighted by Gasteiger charge is -2.19. The summed E-state index contributed by atoms with van der Waals surface area (Å²) in [6, 6.07) is 11.8. The van der Waals surface area contributed by atoms with Crippen LogP contribution < -0.4 is 10.9 Å². The van der Waals surface area contributed by atoms with Crippen LogP contribution in [-0.2, 0) is 17.9 Å². The van der Waals surface area contributed by atoms with Crippen LogP contribution in [-0.4, -0.2) is 26.2 Å². The molecular weight excluding hydrogens is 416 g/mol. The van der Waals surface area contributed by atoms with Crippen LogP contribution in [0.4, 0.5) is 5.82 Å². The van der Waals surface area contributed by atoms with E-state index in [1.807, 2.05) is 50.2 Å². The number of aromatic nitrogens is 1. The number of nitriles is 1. The SMILES string of the molecule is CCN1C(=O)/C(=C\c2c(C)c(C#N)c(=O)n(CC)c2NCc2ccccc2)SC1=S. The molecule has 0 atom stereocenters. The average molecular weight is 439 g/mol. The molecule has 154 valence electrons. The molecular formula is C22H22N4O2S2. The van der Waals surface area contributed by atoms with Crippen LogP contribution in [0.1, 0.15) is 36.1 Å². The molecule has 6 nitrogen and oxygen atoms in total. The third kappa shape index (κ3) is 4.04. The number of carbonyl (C=O) groups excluding carboxylic acids is 1. The zero-order chi connectivity index (χ0) is 21.8. The summed E-state index contributed by atoms with van der Waals surface area (Å²) in [4.78, 5) is 27.6. The number of hydrogen-bond donors (Lipinski definition) is 1. The lowest BCUT2D eigenvalue weighted by Crippen LogP contribution is -2.28. The van der Waals surface area contributed by atoms with E-state index in [9.17, 15) is 14.9 Å². The molecule has 0 spiro atoms. The topological polar surface area (TPSA) is 78.1 Å². The van der Waals surface area contributed by atoms with Crippen molar-refractivity contribution >= 4 is 46.1 Å². The fraction of sp³-hybridized carbons (Fsp3) is 0.273. The molecule has 0 radical (unpaired) electrons. The lowest BCUT2D eigenvalue weighted by molar-refractivity contribution is -0.121. The Bertz CT molecular complexity index is 1130. The largest absolute Gasteiger partial charge is 0.367 e. The van der Waals surface area contributed by atoms with Crippen LogP contribution in [0.3, 0.4) is 0 Å². The van der Waals surface area contributed by atoms with Gasteiger partial charge in [0.15, 0.2) is 0 Å². The van der Waals surface area contributed by atoms with E-state index < -0.39 is 0 Å². The second-order valence-corrected chi connectivity index (χ2v) is 8.36. The molecule has 2 aromatic rings. The molecule has 1 amide bonds. The summed E-state index contributed by atoms with van der Waals surface area (Å²) >= 11 is 6.55. The van der Waals surface area contributed by atoms with Gasteiger partial charge in [0.25, 0.3) is 11.5 Å². The number of pyridine rings is 1. The molecule has 1 saturated heterocycles. The molecule has 0 unspecified atom stereocenters. The minimum Gasteiger partial charge on any atom is -0.367 e. The summed E-state index contributed by atoms with van der Waals surface area (Å²) in [6.45, 7) is 6.85. The molecule has 30 heavy (non-hydrogen) atoms. The van der Waals surface area contributed by atoms with Crippen LogP contribution in [0.15, 0.2) is 40.0 Å². The number of carbonyl (C=O) groups is 1. The van der Waals surface area contributed by atoms with Crippen molar-refractivity contribution in [2.75, 3.05) is 11.9 Å². The van der Waals surface area contributed by atoms with Crippen LogP contribution in [0.5, 0.6) is 0 Å². The van der Waals surface area contributed by atoms with Gasteiger partial charge in [0.2, 0.25) is 0 Å². The van der Waals surface area contributed by atoms with Crippen molar-refractivity contribution in [3.8, 4) is 6.07 Å². The summed E-state index contributed by atoms with van der Waals surface area (Å²) in [5.74, 6) is 0.429. The number of hydrogen-bond acceptors (Lipinski definition) is 6. The Morgan fingerprint density at radius 1 is 1.20 bits per heavy atom. The highest BCUT2D eigenvalue weighted by atomic mass is 32.2. The number of anilines is 1. The lowest BCUT2D eigenvalue weighted by atomic mass is 10.0. The van der Waals surface area contributed by atoms with Gasteiger partial charge in [-0.05, 0) is 38.0 Å². The third-order valence-electron chi connectivity index (χ3n) is 4.96. The van der Waals surface area contributed by atoms with Crippen LogP contribution in [0.2, 0.25) is 0 Å². The van der Waals surface area contributed by atoms with E-state index in [1.165, 1.54) is 11.8 Å². The van der Waals surface area contributed by atoms with E-state index in [1.54, 1.807) is 22.5 Å². The Labute approximate surface area is 185 Å². The highest BCUT2D eigenvalue weighted by Crippen LogP contribution is 2.34. The molecule has 2 heterocycles. The normalized spacial score (nSPS) is 15.0. The van der Waals surface area contributed by atoms with Gasteiger partial charge in [-0.1, -0.05) is 54.3 Å². The van der Waals surface area contributed by atoms with E-state index in [4.69, 9.17) is 12.2 Å². The highest BCUT2D eigenvalue weighted by molar-refractivity contribution is 8.26. The Morgan fingerprint density at radius 3 is 2.47 bits per heavy atom. The second kappa shape index (κ2) is 9.28. The maximum absolute atomic E-state index is 12.9. The van der Waals surface area contributed by atoms with Gasteiger partial charge < -0.3 is 5.32 Å². The van der Waals surface area contributed by atoms with Crippen LogP contribution in [0.25, 0.3) is 6.08 Å². The first-order valence-corrected chi connectivity index (χ1v) is 10.9. The Kier molecular flexibility index (Phi) is 6.75. The smallest absolute Gasteiger partial charge is 0.270 e. The molecule has 1 aromatic carbocycles. The standard InChI is InChI=1S/C22H22N4O2S2/c1-4-25-19(24-13-15-9-7-6-8-10-15)16(14(3)17(12-23)20(25)27)11-18-21(28)26(5-2)22(29)30-18/h6-11,24H,4-5,13H2,1-3H3/b18-11+. The molecule has 0 aliphatic carbocycles. The number of benzene rings is 1. The number of thioether (sulfide) groups is 1. The van der Waals surface area contributed by atoms with Crippen molar-refractivity contribution in [3.05, 3.63) is 67.8 Å². The molecule has 3 rings (SSSR count). The molecule has 1 fully saturated rings. The second-order valence-electron chi connectivity index (χ2n) is 6.69. The Hall–Kier alpha value is -2.89. The zero-order valence-electron chi connectivity index (χ0n) is 17.1. The molecule has 1 aromatic heterocycles. The average Bonchev–Trinajstić information content (AvgIpc) is 3.02. The van der Waals surface area contributed by atoms with Gasteiger partial charge in [0, 0.05) is 25.2 Å². The Morgan fingerprint density at radius 2 is 1.90 bits per heavy atom. The van der Waals surface area contributed by atoms with E-state index in [0.717, 1.165) is 5.56 Å². The highest BCUT2D eigenvalue weighted by Gasteiger charge is 2.31. The first-order chi connectivity index (χ1) is 14.4. The first kappa shape index (κ1) is 21.8. The summed E-state index contributed by atoms with van der Waals surface area (Å²) in [5, 5.41) is 12.9. The Balaban J connectivity index is 2.16. The summed E-state index contributed by atoms with van der Waals surface area (Å²) in [5.41, 5.74) is 1.99. The summed E-state index contributed by atoms with van der Waals surface area (Å²) < 4.78 is 2.05. The van der Waals surface area contributed by atoms with Crippen molar-refractivity contribution < 1.29 is 4.79 Å². The van der Waals surface area contributed by atoms with Gasteiger partial charge in [-0.2, -0.15) is 5.26 Å². The fourth-order valence-corrected chi connectivity index (χ4v) is 4.71. The zero-order valence-corrected chi connectivity index (χ0v) is 18.7. The maximum Gasteiger partial charge on any atom is 0.270 e. The third-order valence-corrected chi connectivity index (χ3v) is 6.34. The summed E-state index contributed by atoms with van der Waals surface area (Å²) in [7, 11) is 0. The summed E-state index contributed by atoms with van der Waals surface area (Å²) in [6.07, 6.45) is 1.74. The van der Waals surface area contributed by atoms with E-state index in [2.05, 4.69) is 5.32 Å². The molecule has 1 aliphatic rings. The van der Waals surface area contributed by atoms with E-state index in [-0.39, 0.29) is 17.0 Å². The number of rotatable bonds is 6. The number of amides is 1. The predicted molar refractivity (Wildman–Crippen MR) is 125 cm³/mol. The minimum absolute atomic E-state index is 0.0827. The maximum atomic E-state index is 12.9. The quantitative estimate of drug-likeness (QED) is 0.545. The van der Waals surface area contributed by atoms with Crippen LogP contribution in [0, 0.1) is 18.3 Å². The minimum atomic E-state index is -0.341. The number of thiocarbonyl (C=S) groups is 1. The van der Waals surface area contributed by atoms with Crippen molar-refractivity contribution in [1.82, 2.24) is 9.47 Å². The number of nitrogens with zero attached hydrogens (tertiary/aromatic N) is 3. The van der Waals surface area contributed by atoms with Gasteiger partial charge in [0.1, 0.15) is 21.8 Å². The van der Waals surface area contributed by atoms with Crippen molar-refractivity contribution in [2.45, 2.75) is 33.9 Å². The molecule has 0 bridgehead atoms. The van der Waals surface area contributed by atoms with Gasteiger partial charge in [0.05, 0.1) is 4.91 Å². The molecule has 1 aliphatic heterocycles. The fourth-order valence-electron chi connectivity index (χ4n) is 3.34. The van der Waals surface area contributed by atoms with E-state index >= 15 is 0 Å². The van der Waals surface area contributed by atoms with Crippen molar-refractivity contribution in [2.24, 2.45) is 0 Å². The molecule has 1 N–H and O–H groups in total. The van der Waals surface area contributed by atoms with Gasteiger partial charge >= 0.3 is 0 Å². The molecule has 8 heteroatoms.